The van der Waals surface area contributed by atoms with Gasteiger partial charge in [-0.15, -0.1) is 0 Å². The number of nitrogens with one attached hydrogen (secondary N) is 1. The molecule has 3 N–H and O–H groups in total. The van der Waals surface area contributed by atoms with Crippen molar-refractivity contribution in [2.75, 3.05) is 25.3 Å². The molecule has 2 aromatic rings. The average molecular weight is 262 g/mol. The number of halogens is 1. The molecule has 0 atom stereocenters. The lowest BCUT2D eigenvalue weighted by molar-refractivity contribution is 0.355. The van der Waals surface area contributed by atoms with Crippen LogP contribution in [0.1, 0.15) is 0 Å². The predicted molar refractivity (Wildman–Crippen MR) is 73.6 cm³/mol. The van der Waals surface area contributed by atoms with Crippen LogP contribution in [0.15, 0.2) is 36.4 Å². The van der Waals surface area contributed by atoms with Crippen molar-refractivity contribution in [2.24, 2.45) is 0 Å². The van der Waals surface area contributed by atoms with Crippen LogP contribution in [-0.2, 0) is 0 Å². The minimum absolute atomic E-state index is 0.349. The second-order valence-electron chi connectivity index (χ2n) is 3.93. The first-order valence-electron chi connectivity index (χ1n) is 5.68. The second-order valence-corrected chi connectivity index (χ2v) is 3.93. The van der Waals surface area contributed by atoms with E-state index in [1.165, 1.54) is 6.07 Å². The molecule has 100 valence electrons. The largest absolute Gasteiger partial charge is 0.493 e. The molecule has 0 radical (unpaired) electrons. The van der Waals surface area contributed by atoms with Gasteiger partial charge in [0.15, 0.2) is 11.5 Å². The van der Waals surface area contributed by atoms with Gasteiger partial charge >= 0.3 is 0 Å². The van der Waals surface area contributed by atoms with Gasteiger partial charge < -0.3 is 20.5 Å². The third-order valence-corrected chi connectivity index (χ3v) is 2.66. The van der Waals surface area contributed by atoms with E-state index in [1.807, 2.05) is 0 Å². The Hall–Kier alpha value is -2.43. The zero-order chi connectivity index (χ0) is 13.8. The smallest absolute Gasteiger partial charge is 0.162 e. The van der Waals surface area contributed by atoms with Crippen molar-refractivity contribution >= 4 is 17.1 Å². The quantitative estimate of drug-likeness (QED) is 0.831. The molecule has 19 heavy (non-hydrogen) atoms. The number of hydrogen-bond donors (Lipinski definition) is 2. The standard InChI is InChI=1S/C14H15FN2O2/c1-18-13-6-4-10(8-14(13)19-2)17-12-5-3-9(16)7-11(12)15/h3-8,17H,16H2,1-2H3. The summed E-state index contributed by atoms with van der Waals surface area (Å²) in [5, 5.41) is 2.96. The Morgan fingerprint density at radius 1 is 1.00 bits per heavy atom. The molecule has 0 unspecified atom stereocenters. The van der Waals surface area contributed by atoms with Crippen molar-refractivity contribution in [3.8, 4) is 11.5 Å². The molecule has 0 aliphatic rings. The number of nitrogen functional groups attached to an aromatic ring is 1. The van der Waals surface area contributed by atoms with Gasteiger partial charge in [-0.2, -0.15) is 0 Å². The summed E-state index contributed by atoms with van der Waals surface area (Å²) >= 11 is 0. The number of rotatable bonds is 4. The minimum Gasteiger partial charge on any atom is -0.493 e. The Labute approximate surface area is 111 Å². The van der Waals surface area contributed by atoms with Gasteiger partial charge in [0.2, 0.25) is 0 Å². The van der Waals surface area contributed by atoms with Gasteiger partial charge in [0, 0.05) is 17.4 Å². The van der Waals surface area contributed by atoms with E-state index in [1.54, 1.807) is 44.6 Å². The van der Waals surface area contributed by atoms with Crippen LogP contribution in [0.3, 0.4) is 0 Å². The lowest BCUT2D eigenvalue weighted by atomic mass is 10.2. The number of benzene rings is 2. The normalized spacial score (nSPS) is 10.1. The molecule has 0 aromatic heterocycles. The number of nitrogens with two attached hydrogens (primary N) is 1. The van der Waals surface area contributed by atoms with Crippen molar-refractivity contribution < 1.29 is 13.9 Å². The first-order valence-corrected chi connectivity index (χ1v) is 5.68. The van der Waals surface area contributed by atoms with Crippen molar-refractivity contribution in [3.63, 3.8) is 0 Å². The highest BCUT2D eigenvalue weighted by Gasteiger charge is 2.07. The highest BCUT2D eigenvalue weighted by atomic mass is 19.1. The van der Waals surface area contributed by atoms with Crippen LogP contribution in [0, 0.1) is 5.82 Å². The van der Waals surface area contributed by atoms with E-state index in [2.05, 4.69) is 5.32 Å². The summed E-state index contributed by atoms with van der Waals surface area (Å²) < 4.78 is 24.0. The maximum atomic E-state index is 13.7. The molecule has 2 aromatic carbocycles. The molecule has 4 nitrogen and oxygen atoms in total. The summed E-state index contributed by atoms with van der Waals surface area (Å²) in [6.45, 7) is 0. The van der Waals surface area contributed by atoms with Crippen molar-refractivity contribution in [3.05, 3.63) is 42.2 Å². The summed E-state index contributed by atoms with van der Waals surface area (Å²) in [6.07, 6.45) is 0. The van der Waals surface area contributed by atoms with Crippen LogP contribution in [0.2, 0.25) is 0 Å². The SMILES string of the molecule is COc1ccc(Nc2ccc(N)cc2F)cc1OC. The van der Waals surface area contributed by atoms with Crippen molar-refractivity contribution in [1.82, 2.24) is 0 Å². The van der Waals surface area contributed by atoms with Crippen LogP contribution in [0.5, 0.6) is 11.5 Å². The van der Waals surface area contributed by atoms with Gasteiger partial charge in [0.05, 0.1) is 19.9 Å². The zero-order valence-electron chi connectivity index (χ0n) is 10.7. The molecule has 0 saturated carbocycles. The summed E-state index contributed by atoms with van der Waals surface area (Å²) in [6, 6.07) is 9.73. The number of methoxy groups -OCH3 is 2. The van der Waals surface area contributed by atoms with Gasteiger partial charge in [-0.05, 0) is 30.3 Å². The van der Waals surface area contributed by atoms with Crippen LogP contribution in [0.25, 0.3) is 0 Å². The van der Waals surface area contributed by atoms with Gasteiger partial charge in [-0.1, -0.05) is 0 Å². The first kappa shape index (κ1) is 13.0. The third kappa shape index (κ3) is 2.88. The highest BCUT2D eigenvalue weighted by Crippen LogP contribution is 2.31. The van der Waals surface area contributed by atoms with Crippen LogP contribution >= 0.6 is 0 Å². The molecule has 2 rings (SSSR count). The Balaban J connectivity index is 2.28. The maximum absolute atomic E-state index is 13.7. The van der Waals surface area contributed by atoms with Gasteiger partial charge in [0.25, 0.3) is 0 Å². The molecule has 0 spiro atoms. The Kier molecular flexibility index (Phi) is 3.75. The Morgan fingerprint density at radius 2 is 1.74 bits per heavy atom. The number of anilines is 3. The van der Waals surface area contributed by atoms with Gasteiger partial charge in [-0.25, -0.2) is 4.39 Å². The monoisotopic (exact) mass is 262 g/mol. The lowest BCUT2D eigenvalue weighted by Crippen LogP contribution is -1.97. The fraction of sp³-hybridized carbons (Fsp3) is 0.143. The van der Waals surface area contributed by atoms with E-state index in [0.717, 1.165) is 0 Å². The number of ether oxygens (including phenoxy) is 2. The molecule has 0 heterocycles. The van der Waals surface area contributed by atoms with Crippen LogP contribution in [-0.4, -0.2) is 14.2 Å². The third-order valence-electron chi connectivity index (χ3n) is 2.66. The van der Waals surface area contributed by atoms with Crippen LogP contribution in [0.4, 0.5) is 21.5 Å². The summed E-state index contributed by atoms with van der Waals surface area (Å²) in [5.41, 5.74) is 6.93. The summed E-state index contributed by atoms with van der Waals surface area (Å²) in [5.74, 6) is 0.781. The zero-order valence-corrected chi connectivity index (χ0v) is 10.7. The molecule has 0 amide bonds. The van der Waals surface area contributed by atoms with E-state index >= 15 is 0 Å². The van der Waals surface area contributed by atoms with E-state index in [9.17, 15) is 4.39 Å². The molecule has 0 aliphatic carbocycles. The summed E-state index contributed by atoms with van der Waals surface area (Å²) in [4.78, 5) is 0. The van der Waals surface area contributed by atoms with Crippen molar-refractivity contribution in [1.29, 1.82) is 0 Å². The Morgan fingerprint density at radius 3 is 2.37 bits per heavy atom. The fourth-order valence-electron chi connectivity index (χ4n) is 1.70. The Bertz CT molecular complexity index is 588. The molecular weight excluding hydrogens is 247 g/mol. The molecule has 0 bridgehead atoms. The van der Waals surface area contributed by atoms with E-state index in [-0.39, 0.29) is 0 Å². The highest BCUT2D eigenvalue weighted by molar-refractivity contribution is 5.65. The second kappa shape index (κ2) is 5.48. The van der Waals surface area contributed by atoms with E-state index in [4.69, 9.17) is 15.2 Å². The first-order chi connectivity index (χ1) is 9.13. The maximum Gasteiger partial charge on any atom is 0.162 e. The predicted octanol–water partition coefficient (Wildman–Crippen LogP) is 3.17. The van der Waals surface area contributed by atoms with Crippen LogP contribution < -0.4 is 20.5 Å². The molecule has 0 saturated heterocycles. The van der Waals surface area contributed by atoms with E-state index < -0.39 is 5.82 Å². The average Bonchev–Trinajstić information content (AvgIpc) is 2.41. The van der Waals surface area contributed by atoms with Gasteiger partial charge in [0.1, 0.15) is 5.82 Å². The molecular formula is C14H15FN2O2. The number of hydrogen-bond acceptors (Lipinski definition) is 4. The summed E-state index contributed by atoms with van der Waals surface area (Å²) in [7, 11) is 3.11. The fourth-order valence-corrected chi connectivity index (χ4v) is 1.70. The molecule has 0 aliphatic heterocycles. The minimum atomic E-state index is -0.408. The topological polar surface area (TPSA) is 56.5 Å². The molecule has 0 fully saturated rings. The van der Waals surface area contributed by atoms with E-state index in [0.29, 0.717) is 28.6 Å². The van der Waals surface area contributed by atoms with Crippen molar-refractivity contribution in [2.45, 2.75) is 0 Å². The molecule has 5 heteroatoms. The van der Waals surface area contributed by atoms with Gasteiger partial charge in [-0.3, -0.25) is 0 Å². The lowest BCUT2D eigenvalue weighted by Gasteiger charge is -2.12.